The van der Waals surface area contributed by atoms with Crippen LogP contribution in [0.1, 0.15) is 86.8 Å². The predicted molar refractivity (Wildman–Crippen MR) is 194 cm³/mol. The minimum Gasteiger partial charge on any atom is -0.486 e. The van der Waals surface area contributed by atoms with Gasteiger partial charge >= 0.3 is 0 Å². The number of likely N-dealkylation sites (N-methyl/N-ethyl adjacent to an activating group) is 1. The van der Waals surface area contributed by atoms with E-state index in [0.717, 1.165) is 56.2 Å². The molecule has 4 amide bonds. The number of fused-ring (bicyclic) bond motifs is 4. The van der Waals surface area contributed by atoms with Crippen molar-refractivity contribution in [3.8, 4) is 5.75 Å². The molecule has 14 heteroatoms. The molecule has 2 aromatic carbocycles. The van der Waals surface area contributed by atoms with Gasteiger partial charge < -0.3 is 25.2 Å². The first-order valence-electron chi connectivity index (χ1n) is 18.5. The van der Waals surface area contributed by atoms with Crippen molar-refractivity contribution in [2.75, 3.05) is 20.1 Å². The molecule has 2 N–H and O–H groups in total. The summed E-state index contributed by atoms with van der Waals surface area (Å²) in [7, 11) is 1.53. The Hall–Kier alpha value is -5.14. The lowest BCUT2D eigenvalue weighted by atomic mass is 10.0. The highest BCUT2D eigenvalue weighted by molar-refractivity contribution is 6.03. The molecule has 1 saturated heterocycles. The summed E-state index contributed by atoms with van der Waals surface area (Å²) >= 11 is 0. The van der Waals surface area contributed by atoms with Gasteiger partial charge in [-0.15, -0.1) is 5.10 Å². The van der Waals surface area contributed by atoms with Gasteiger partial charge in [0.2, 0.25) is 17.7 Å². The highest BCUT2D eigenvalue weighted by atomic mass is 19.1. The molecule has 3 atom stereocenters. The van der Waals surface area contributed by atoms with Gasteiger partial charge in [0.1, 0.15) is 42.0 Å². The number of nitrogens with one attached hydrogen (secondary N) is 2. The minimum absolute atomic E-state index is 0.00131. The van der Waals surface area contributed by atoms with Gasteiger partial charge in [0, 0.05) is 39.0 Å². The molecular weight excluding hydrogens is 681 g/mol. The van der Waals surface area contributed by atoms with Gasteiger partial charge in [0.15, 0.2) is 5.78 Å². The Morgan fingerprint density at radius 2 is 1.68 bits per heavy atom. The maximum atomic E-state index is 14.4. The van der Waals surface area contributed by atoms with E-state index in [1.807, 2.05) is 44.2 Å². The van der Waals surface area contributed by atoms with Crippen molar-refractivity contribution in [1.29, 1.82) is 0 Å². The van der Waals surface area contributed by atoms with Crippen molar-refractivity contribution >= 4 is 29.4 Å². The van der Waals surface area contributed by atoms with Crippen LogP contribution in [0.2, 0.25) is 0 Å². The number of benzene rings is 2. The summed E-state index contributed by atoms with van der Waals surface area (Å²) in [6.45, 7) is 4.51. The van der Waals surface area contributed by atoms with E-state index in [4.69, 9.17) is 4.74 Å². The standard InChI is InChI=1S/C39H50FN7O6/c1-26(2)19-32-38(51)47-24-30(48)22-34(47)39(52)45(3)33(20-27-13-9-8-10-14-27)37(50)41-17-11-6-4-5-7-12-18-46-23-29(43-44-46)25-53-35-21-28(40)15-16-31(35)36(49)42-32/h8-10,13-16,21,23,26,32-34H,4-7,11-12,17-20,22,24-25H2,1-3H3,(H,41,50)(H,42,49)/t32-,33+,34-/m1/s1. The van der Waals surface area contributed by atoms with Crippen molar-refractivity contribution in [1.82, 2.24) is 35.4 Å². The number of halogens is 1. The second-order valence-electron chi connectivity index (χ2n) is 14.3. The van der Waals surface area contributed by atoms with Crippen molar-refractivity contribution in [2.24, 2.45) is 5.92 Å². The fourth-order valence-corrected chi connectivity index (χ4v) is 6.81. The third kappa shape index (κ3) is 10.7. The number of aryl methyl sites for hydroxylation is 1. The molecule has 13 nitrogen and oxygen atoms in total. The molecule has 5 rings (SSSR count). The summed E-state index contributed by atoms with van der Waals surface area (Å²) in [5.41, 5.74) is 1.36. The molecule has 0 saturated carbocycles. The molecule has 0 unspecified atom stereocenters. The summed E-state index contributed by atoms with van der Waals surface area (Å²) in [5, 5.41) is 14.1. The van der Waals surface area contributed by atoms with Crippen LogP contribution in [0.5, 0.6) is 5.75 Å². The largest absolute Gasteiger partial charge is 0.486 e. The van der Waals surface area contributed by atoms with E-state index in [-0.39, 0.29) is 61.3 Å². The number of ketones is 1. The maximum Gasteiger partial charge on any atom is 0.255 e. The number of aromatic nitrogens is 3. The predicted octanol–water partition coefficient (Wildman–Crippen LogP) is 3.85. The van der Waals surface area contributed by atoms with Gasteiger partial charge in [-0.2, -0.15) is 0 Å². The normalized spacial score (nSPS) is 21.8. The third-order valence-electron chi connectivity index (χ3n) is 9.68. The Kier molecular flexibility index (Phi) is 13.7. The molecule has 0 aliphatic carbocycles. The molecular formula is C39H50FN7O6. The lowest BCUT2D eigenvalue weighted by Crippen LogP contribution is -2.57. The Labute approximate surface area is 309 Å². The Morgan fingerprint density at radius 1 is 0.943 bits per heavy atom. The van der Waals surface area contributed by atoms with E-state index >= 15 is 0 Å². The SMILES string of the molecule is CC(C)C[C@H]1NC(=O)c2ccc(F)cc2OCc2cn(nn2)CCCCCCCCNC(=O)[C@H](Cc2ccccc2)N(C)C(=O)[C@H]2CC(=O)CN2C1=O. The van der Waals surface area contributed by atoms with E-state index < -0.39 is 41.7 Å². The van der Waals surface area contributed by atoms with Crippen molar-refractivity contribution in [3.05, 3.63) is 77.4 Å². The topological polar surface area (TPSA) is 156 Å². The second kappa shape index (κ2) is 18.6. The molecule has 2 bridgehead atoms. The van der Waals surface area contributed by atoms with Crippen molar-refractivity contribution in [2.45, 2.75) is 103 Å². The maximum absolute atomic E-state index is 14.4. The summed E-state index contributed by atoms with van der Waals surface area (Å²) in [4.78, 5) is 71.4. The smallest absolute Gasteiger partial charge is 0.255 e. The Morgan fingerprint density at radius 3 is 2.43 bits per heavy atom. The number of nitrogens with zero attached hydrogens (tertiary/aromatic N) is 5. The van der Waals surface area contributed by atoms with Gasteiger partial charge in [-0.05, 0) is 42.9 Å². The number of hydrogen-bond acceptors (Lipinski definition) is 8. The van der Waals surface area contributed by atoms with Crippen LogP contribution >= 0.6 is 0 Å². The number of carbonyl (C=O) groups is 5. The van der Waals surface area contributed by atoms with E-state index in [2.05, 4.69) is 20.9 Å². The molecule has 53 heavy (non-hydrogen) atoms. The van der Waals surface area contributed by atoms with Crippen molar-refractivity contribution < 1.29 is 33.1 Å². The van der Waals surface area contributed by atoms with E-state index in [9.17, 15) is 28.4 Å². The van der Waals surface area contributed by atoms with Crippen LogP contribution in [0.3, 0.4) is 0 Å². The Bertz CT molecular complexity index is 1750. The number of amides is 4. The van der Waals surface area contributed by atoms with Crippen LogP contribution in [-0.2, 0) is 38.8 Å². The zero-order valence-corrected chi connectivity index (χ0v) is 30.8. The summed E-state index contributed by atoms with van der Waals surface area (Å²) in [6.07, 6.45) is 7.60. The van der Waals surface area contributed by atoms with Crippen LogP contribution in [0.4, 0.5) is 4.39 Å². The van der Waals surface area contributed by atoms with Crippen LogP contribution < -0.4 is 15.4 Å². The summed E-state index contributed by atoms with van der Waals surface area (Å²) in [6, 6.07) is 9.70. The van der Waals surface area contributed by atoms with E-state index in [1.54, 1.807) is 10.9 Å². The van der Waals surface area contributed by atoms with E-state index in [1.165, 1.54) is 22.9 Å². The monoisotopic (exact) mass is 731 g/mol. The number of rotatable bonds is 4. The second-order valence-corrected chi connectivity index (χ2v) is 14.3. The average Bonchev–Trinajstić information content (AvgIpc) is 3.76. The highest BCUT2D eigenvalue weighted by Gasteiger charge is 2.44. The molecule has 1 fully saturated rings. The molecule has 3 aromatic rings. The van der Waals surface area contributed by atoms with Gasteiger partial charge in [0.05, 0.1) is 18.3 Å². The number of ether oxygens (including phenoxy) is 1. The molecule has 2 aliphatic heterocycles. The lowest BCUT2D eigenvalue weighted by molar-refractivity contribution is -0.147. The van der Waals surface area contributed by atoms with E-state index in [0.29, 0.717) is 18.8 Å². The minimum atomic E-state index is -1.16. The van der Waals surface area contributed by atoms with Crippen LogP contribution in [0, 0.1) is 11.7 Å². The Balaban J connectivity index is 1.43. The van der Waals surface area contributed by atoms with Crippen LogP contribution in [0.25, 0.3) is 0 Å². The van der Waals surface area contributed by atoms with Gasteiger partial charge in [-0.1, -0.05) is 75.1 Å². The quantitative estimate of drug-likeness (QED) is 0.410. The molecule has 1 aromatic heterocycles. The fourth-order valence-electron chi connectivity index (χ4n) is 6.81. The van der Waals surface area contributed by atoms with Crippen LogP contribution in [-0.4, -0.2) is 92.5 Å². The van der Waals surface area contributed by atoms with Crippen molar-refractivity contribution in [3.63, 3.8) is 0 Å². The molecule has 0 radical (unpaired) electrons. The van der Waals surface area contributed by atoms with Gasteiger partial charge in [-0.25, -0.2) is 4.39 Å². The highest BCUT2D eigenvalue weighted by Crippen LogP contribution is 2.25. The fraction of sp³-hybridized carbons (Fsp3) is 0.513. The number of carbonyl (C=O) groups excluding carboxylic acids is 5. The van der Waals surface area contributed by atoms with Crippen LogP contribution in [0.15, 0.2) is 54.7 Å². The lowest BCUT2D eigenvalue weighted by Gasteiger charge is -2.34. The third-order valence-corrected chi connectivity index (χ3v) is 9.68. The summed E-state index contributed by atoms with van der Waals surface area (Å²) in [5.74, 6) is -3.17. The molecule has 0 spiro atoms. The summed E-state index contributed by atoms with van der Waals surface area (Å²) < 4.78 is 22.0. The van der Waals surface area contributed by atoms with Gasteiger partial charge in [0.25, 0.3) is 5.91 Å². The first-order chi connectivity index (χ1) is 25.5. The first-order valence-corrected chi connectivity index (χ1v) is 18.5. The number of Topliss-reactive ketones (excluding diaryl/α,β-unsaturated/α-hetero) is 1. The zero-order chi connectivity index (χ0) is 37.9. The molecule has 284 valence electrons. The molecule has 2 aliphatic rings. The zero-order valence-electron chi connectivity index (χ0n) is 30.8. The number of hydrogen-bond donors (Lipinski definition) is 2. The average molecular weight is 732 g/mol. The molecule has 3 heterocycles. The first kappa shape index (κ1) is 39.1. The van der Waals surface area contributed by atoms with Gasteiger partial charge in [-0.3, -0.25) is 28.7 Å².